The van der Waals surface area contributed by atoms with Crippen LogP contribution in [0.2, 0.25) is 0 Å². The molecule has 1 aromatic carbocycles. The second-order valence-corrected chi connectivity index (χ2v) is 4.92. The molecule has 5 nitrogen and oxygen atoms in total. The molecule has 0 aliphatic carbocycles. The zero-order chi connectivity index (χ0) is 17.5. The summed E-state index contributed by atoms with van der Waals surface area (Å²) in [7, 11) is 0. The molecule has 1 heterocycles. The van der Waals surface area contributed by atoms with Gasteiger partial charge in [0.15, 0.2) is 0 Å². The minimum absolute atomic E-state index is 0.0753. The number of nitrogens with one attached hydrogen (secondary N) is 2. The summed E-state index contributed by atoms with van der Waals surface area (Å²) < 4.78 is 53.5. The molecule has 0 bridgehead atoms. The van der Waals surface area contributed by atoms with Crippen LogP contribution in [0.25, 0.3) is 0 Å². The highest BCUT2D eigenvalue weighted by molar-refractivity contribution is 5.44. The minimum atomic E-state index is -2.91. The molecule has 2 aromatic rings. The van der Waals surface area contributed by atoms with Crippen molar-refractivity contribution >= 4 is 11.6 Å². The number of aryl methyl sites for hydroxylation is 1. The molecule has 0 aliphatic heterocycles. The summed E-state index contributed by atoms with van der Waals surface area (Å²) in [5.74, 6) is 0.673. The number of nitrogens with zero attached hydrogens (tertiary/aromatic N) is 2. The molecule has 0 unspecified atom stereocenters. The Morgan fingerprint density at radius 3 is 2.25 bits per heavy atom. The third kappa shape index (κ3) is 5.56. The molecule has 9 heteroatoms. The van der Waals surface area contributed by atoms with Crippen LogP contribution in [0.5, 0.6) is 5.75 Å². The van der Waals surface area contributed by atoms with Crippen LogP contribution in [0.4, 0.5) is 29.2 Å². The number of rotatable bonds is 8. The van der Waals surface area contributed by atoms with Crippen LogP contribution in [-0.2, 0) is 6.54 Å². The lowest BCUT2D eigenvalue weighted by Gasteiger charge is -2.12. The second-order valence-electron chi connectivity index (χ2n) is 4.92. The maximum absolute atomic E-state index is 12.4. The van der Waals surface area contributed by atoms with E-state index in [1.807, 2.05) is 6.92 Å². The summed E-state index contributed by atoms with van der Waals surface area (Å²) in [5, 5.41) is 12.9. The lowest BCUT2D eigenvalue weighted by molar-refractivity contribution is -0.0504. The van der Waals surface area contributed by atoms with Crippen molar-refractivity contribution in [3.8, 4) is 5.75 Å². The van der Waals surface area contributed by atoms with E-state index >= 15 is 0 Å². The molecular weight excluding hydrogens is 328 g/mol. The Morgan fingerprint density at radius 2 is 1.67 bits per heavy atom. The average molecular weight is 344 g/mol. The standard InChI is InChI=1S/C15H16F4N4O/c1-9-2-3-11(24-15(18)19)10(6-9)7-20-13-4-5-14(23-22-13)21-8-12(16)17/h2-6,12,15H,7-8H2,1H3,(H,20,22)(H,21,23). The highest BCUT2D eigenvalue weighted by atomic mass is 19.3. The van der Waals surface area contributed by atoms with Gasteiger partial charge in [0.05, 0.1) is 6.54 Å². The molecule has 0 saturated carbocycles. The molecule has 0 radical (unpaired) electrons. The molecule has 2 N–H and O–H groups in total. The Labute approximate surface area is 136 Å². The third-order valence-electron chi connectivity index (χ3n) is 2.99. The van der Waals surface area contributed by atoms with Gasteiger partial charge in [0, 0.05) is 12.1 Å². The van der Waals surface area contributed by atoms with Crippen molar-refractivity contribution in [3.05, 3.63) is 41.5 Å². The van der Waals surface area contributed by atoms with Crippen LogP contribution in [0.15, 0.2) is 30.3 Å². The van der Waals surface area contributed by atoms with Gasteiger partial charge < -0.3 is 15.4 Å². The summed E-state index contributed by atoms with van der Waals surface area (Å²) in [4.78, 5) is 0. The molecule has 1 aromatic heterocycles. The lowest BCUT2D eigenvalue weighted by atomic mass is 10.1. The fourth-order valence-corrected chi connectivity index (χ4v) is 1.95. The molecule has 2 rings (SSSR count). The first-order valence-electron chi connectivity index (χ1n) is 7.08. The van der Waals surface area contributed by atoms with Gasteiger partial charge >= 0.3 is 6.61 Å². The molecule has 0 spiro atoms. The zero-order valence-electron chi connectivity index (χ0n) is 12.8. The number of hydrogen-bond donors (Lipinski definition) is 2. The highest BCUT2D eigenvalue weighted by Gasteiger charge is 2.10. The number of anilines is 2. The van der Waals surface area contributed by atoms with Crippen LogP contribution in [0, 0.1) is 6.92 Å². The monoisotopic (exact) mass is 344 g/mol. The van der Waals surface area contributed by atoms with E-state index in [0.29, 0.717) is 11.4 Å². The van der Waals surface area contributed by atoms with E-state index < -0.39 is 19.6 Å². The maximum atomic E-state index is 12.4. The number of aromatic nitrogens is 2. The fourth-order valence-electron chi connectivity index (χ4n) is 1.95. The number of benzene rings is 1. The van der Waals surface area contributed by atoms with Gasteiger partial charge in [0.2, 0.25) is 0 Å². The first kappa shape index (κ1) is 17.8. The van der Waals surface area contributed by atoms with Crippen LogP contribution in [-0.4, -0.2) is 29.8 Å². The maximum Gasteiger partial charge on any atom is 0.387 e. The normalized spacial score (nSPS) is 11.0. The summed E-state index contributed by atoms with van der Waals surface area (Å²) in [6, 6.07) is 7.90. The SMILES string of the molecule is Cc1ccc(OC(F)F)c(CNc2ccc(NCC(F)F)nn2)c1. The molecule has 24 heavy (non-hydrogen) atoms. The van der Waals surface area contributed by atoms with E-state index in [1.165, 1.54) is 12.1 Å². The fraction of sp³-hybridized carbons (Fsp3) is 0.333. The van der Waals surface area contributed by atoms with Gasteiger partial charge in [0.25, 0.3) is 6.43 Å². The van der Waals surface area contributed by atoms with Crippen molar-refractivity contribution in [1.29, 1.82) is 0 Å². The first-order valence-corrected chi connectivity index (χ1v) is 7.08. The number of halogens is 4. The molecule has 130 valence electrons. The average Bonchev–Trinajstić information content (AvgIpc) is 2.53. The van der Waals surface area contributed by atoms with Gasteiger partial charge in [0.1, 0.15) is 17.4 Å². The molecule has 0 atom stereocenters. The van der Waals surface area contributed by atoms with Crippen molar-refractivity contribution in [2.24, 2.45) is 0 Å². The van der Waals surface area contributed by atoms with E-state index in [0.717, 1.165) is 5.56 Å². The topological polar surface area (TPSA) is 59.1 Å². The Hall–Kier alpha value is -2.58. The Balaban J connectivity index is 1.99. The Bertz CT molecular complexity index is 652. The van der Waals surface area contributed by atoms with Crippen LogP contribution in [0.3, 0.4) is 0 Å². The summed E-state index contributed by atoms with van der Waals surface area (Å²) in [6.45, 7) is -1.40. The summed E-state index contributed by atoms with van der Waals surface area (Å²) in [5.41, 5.74) is 1.43. The predicted octanol–water partition coefficient (Wildman–Crippen LogP) is 3.68. The summed E-state index contributed by atoms with van der Waals surface area (Å²) >= 11 is 0. The van der Waals surface area contributed by atoms with Crippen molar-refractivity contribution in [3.63, 3.8) is 0 Å². The second kappa shape index (κ2) is 8.32. The molecule has 0 fully saturated rings. The van der Waals surface area contributed by atoms with Crippen molar-refractivity contribution < 1.29 is 22.3 Å². The summed E-state index contributed by atoms with van der Waals surface area (Å²) in [6.07, 6.45) is -2.49. The van der Waals surface area contributed by atoms with Crippen LogP contribution >= 0.6 is 0 Å². The Kier molecular flexibility index (Phi) is 6.16. The molecule has 0 saturated heterocycles. The van der Waals surface area contributed by atoms with Crippen molar-refractivity contribution in [2.75, 3.05) is 17.2 Å². The van der Waals surface area contributed by atoms with E-state index in [1.54, 1.807) is 18.2 Å². The van der Waals surface area contributed by atoms with E-state index in [-0.39, 0.29) is 18.1 Å². The van der Waals surface area contributed by atoms with Gasteiger partial charge in [-0.25, -0.2) is 8.78 Å². The smallest absolute Gasteiger partial charge is 0.387 e. The molecule has 0 aliphatic rings. The minimum Gasteiger partial charge on any atom is -0.434 e. The van der Waals surface area contributed by atoms with E-state index in [9.17, 15) is 17.6 Å². The zero-order valence-corrected chi connectivity index (χ0v) is 12.8. The van der Waals surface area contributed by atoms with E-state index in [2.05, 4.69) is 25.6 Å². The molecular formula is C15H16F4N4O. The van der Waals surface area contributed by atoms with Crippen molar-refractivity contribution in [1.82, 2.24) is 10.2 Å². The van der Waals surface area contributed by atoms with Crippen molar-refractivity contribution in [2.45, 2.75) is 26.5 Å². The largest absolute Gasteiger partial charge is 0.434 e. The van der Waals surface area contributed by atoms with Gasteiger partial charge in [-0.2, -0.15) is 8.78 Å². The van der Waals surface area contributed by atoms with Gasteiger partial charge in [-0.05, 0) is 25.1 Å². The van der Waals surface area contributed by atoms with Gasteiger partial charge in [-0.15, -0.1) is 10.2 Å². The number of hydrogen-bond acceptors (Lipinski definition) is 5. The quantitative estimate of drug-likeness (QED) is 0.716. The van der Waals surface area contributed by atoms with Crippen LogP contribution < -0.4 is 15.4 Å². The van der Waals surface area contributed by atoms with Gasteiger partial charge in [-0.3, -0.25) is 0 Å². The highest BCUT2D eigenvalue weighted by Crippen LogP contribution is 2.23. The first-order chi connectivity index (χ1) is 11.4. The van der Waals surface area contributed by atoms with E-state index in [4.69, 9.17) is 0 Å². The third-order valence-corrected chi connectivity index (χ3v) is 2.99. The lowest BCUT2D eigenvalue weighted by Crippen LogP contribution is -2.12. The number of ether oxygens (including phenoxy) is 1. The Morgan fingerprint density at radius 1 is 1.00 bits per heavy atom. The van der Waals surface area contributed by atoms with Gasteiger partial charge in [-0.1, -0.05) is 17.7 Å². The number of alkyl halides is 4. The van der Waals surface area contributed by atoms with Crippen LogP contribution in [0.1, 0.15) is 11.1 Å². The predicted molar refractivity (Wildman–Crippen MR) is 81.7 cm³/mol. The molecule has 0 amide bonds.